The molecule has 2 rings (SSSR count). The number of ether oxygens (including phenoxy) is 1. The van der Waals surface area contributed by atoms with Crippen LogP contribution >= 0.6 is 0 Å². The third-order valence-electron chi connectivity index (χ3n) is 4.83. The van der Waals surface area contributed by atoms with Crippen molar-refractivity contribution in [2.75, 3.05) is 32.8 Å². The van der Waals surface area contributed by atoms with Crippen molar-refractivity contribution < 1.29 is 9.84 Å². The molecule has 1 aromatic rings. The fourth-order valence-corrected chi connectivity index (χ4v) is 3.31. The highest BCUT2D eigenvalue weighted by Gasteiger charge is 2.26. The summed E-state index contributed by atoms with van der Waals surface area (Å²) in [5.41, 5.74) is 3.37. The van der Waals surface area contributed by atoms with E-state index < -0.39 is 0 Å². The van der Waals surface area contributed by atoms with Gasteiger partial charge in [0.15, 0.2) is 0 Å². The molecule has 3 nitrogen and oxygen atoms in total. The first kappa shape index (κ1) is 19.3. The molecular formula is C21H35NO2. The van der Waals surface area contributed by atoms with Gasteiger partial charge in [-0.15, -0.1) is 0 Å². The van der Waals surface area contributed by atoms with Gasteiger partial charge in [-0.05, 0) is 46.9 Å². The minimum Gasteiger partial charge on any atom is -0.507 e. The monoisotopic (exact) mass is 333 g/mol. The highest BCUT2D eigenvalue weighted by Crippen LogP contribution is 2.39. The number of benzene rings is 1. The maximum atomic E-state index is 10.8. The van der Waals surface area contributed by atoms with E-state index in [0.29, 0.717) is 5.75 Å². The van der Waals surface area contributed by atoms with Crippen molar-refractivity contribution in [1.82, 2.24) is 4.90 Å². The topological polar surface area (TPSA) is 32.7 Å². The number of aromatic hydroxyl groups is 1. The number of phenols is 1. The van der Waals surface area contributed by atoms with Gasteiger partial charge < -0.3 is 9.84 Å². The average molecular weight is 334 g/mol. The highest BCUT2D eigenvalue weighted by atomic mass is 16.5. The second kappa shape index (κ2) is 7.45. The van der Waals surface area contributed by atoms with Crippen LogP contribution in [0.5, 0.6) is 5.75 Å². The van der Waals surface area contributed by atoms with Crippen LogP contribution in [0.25, 0.3) is 0 Å². The SMILES string of the molecule is CC(C)(C)c1cc(CCCN2CCOCC2)cc(C(C)(C)C)c1O. The molecule has 0 bridgehead atoms. The zero-order chi connectivity index (χ0) is 18.0. The number of hydrogen-bond donors (Lipinski definition) is 1. The van der Waals surface area contributed by atoms with Gasteiger partial charge in [-0.2, -0.15) is 0 Å². The lowest BCUT2D eigenvalue weighted by Gasteiger charge is -2.29. The molecule has 0 aliphatic carbocycles. The van der Waals surface area contributed by atoms with Gasteiger partial charge in [0.2, 0.25) is 0 Å². The van der Waals surface area contributed by atoms with E-state index in [1.807, 2.05) is 0 Å². The lowest BCUT2D eigenvalue weighted by molar-refractivity contribution is 0.0374. The van der Waals surface area contributed by atoms with E-state index in [1.54, 1.807) is 0 Å². The predicted molar refractivity (Wildman–Crippen MR) is 101 cm³/mol. The molecule has 1 aromatic carbocycles. The van der Waals surface area contributed by atoms with Crippen molar-refractivity contribution in [3.63, 3.8) is 0 Å². The zero-order valence-corrected chi connectivity index (χ0v) is 16.4. The van der Waals surface area contributed by atoms with Crippen LogP contribution in [0.2, 0.25) is 0 Å². The Bertz CT molecular complexity index is 511. The molecule has 1 saturated heterocycles. The molecule has 1 aliphatic heterocycles. The maximum absolute atomic E-state index is 10.8. The Hall–Kier alpha value is -1.06. The van der Waals surface area contributed by atoms with E-state index in [1.165, 1.54) is 5.56 Å². The molecule has 1 aliphatic rings. The third kappa shape index (κ3) is 4.97. The second-order valence-electron chi connectivity index (χ2n) is 9.10. The lowest BCUT2D eigenvalue weighted by atomic mass is 9.78. The van der Waals surface area contributed by atoms with Gasteiger partial charge in [-0.3, -0.25) is 4.90 Å². The standard InChI is InChI=1S/C21H35NO2/c1-20(2,3)17-14-16(15-18(19(17)23)21(4,5)6)8-7-9-22-10-12-24-13-11-22/h14-15,23H,7-13H2,1-6H3. The summed E-state index contributed by atoms with van der Waals surface area (Å²) in [4.78, 5) is 2.49. The average Bonchev–Trinajstić information content (AvgIpc) is 2.47. The number of morpholine rings is 1. The van der Waals surface area contributed by atoms with E-state index in [9.17, 15) is 5.11 Å². The van der Waals surface area contributed by atoms with Crippen molar-refractivity contribution in [2.24, 2.45) is 0 Å². The molecule has 0 saturated carbocycles. The fourth-order valence-electron chi connectivity index (χ4n) is 3.31. The number of aryl methyl sites for hydroxylation is 1. The van der Waals surface area contributed by atoms with Crippen LogP contribution in [-0.2, 0) is 22.0 Å². The molecule has 0 unspecified atom stereocenters. The number of phenolic OH excluding ortho intramolecular Hbond substituents is 1. The van der Waals surface area contributed by atoms with Crippen molar-refractivity contribution in [3.05, 3.63) is 28.8 Å². The minimum atomic E-state index is -0.0513. The van der Waals surface area contributed by atoms with Gasteiger partial charge in [0.1, 0.15) is 5.75 Å². The van der Waals surface area contributed by atoms with Crippen LogP contribution < -0.4 is 0 Å². The molecular weight excluding hydrogens is 298 g/mol. The lowest BCUT2D eigenvalue weighted by Crippen LogP contribution is -2.36. The summed E-state index contributed by atoms with van der Waals surface area (Å²) in [5, 5.41) is 10.8. The Morgan fingerprint density at radius 2 is 1.46 bits per heavy atom. The van der Waals surface area contributed by atoms with Gasteiger partial charge in [-0.1, -0.05) is 53.7 Å². The summed E-state index contributed by atoms with van der Waals surface area (Å²) in [6, 6.07) is 4.42. The molecule has 0 amide bonds. The predicted octanol–water partition coefficient (Wildman–Crippen LogP) is 4.25. The first-order valence-electron chi connectivity index (χ1n) is 9.26. The normalized spacial score (nSPS) is 17.2. The first-order valence-corrected chi connectivity index (χ1v) is 9.26. The number of hydrogen-bond acceptors (Lipinski definition) is 3. The molecule has 24 heavy (non-hydrogen) atoms. The van der Waals surface area contributed by atoms with Crippen molar-refractivity contribution >= 4 is 0 Å². The van der Waals surface area contributed by atoms with Crippen molar-refractivity contribution in [3.8, 4) is 5.75 Å². The molecule has 136 valence electrons. The molecule has 1 fully saturated rings. The summed E-state index contributed by atoms with van der Waals surface area (Å²) in [7, 11) is 0. The van der Waals surface area contributed by atoms with E-state index >= 15 is 0 Å². The second-order valence-corrected chi connectivity index (χ2v) is 9.10. The largest absolute Gasteiger partial charge is 0.507 e. The summed E-state index contributed by atoms with van der Waals surface area (Å²) < 4.78 is 5.41. The summed E-state index contributed by atoms with van der Waals surface area (Å²) in [6.07, 6.45) is 2.21. The Balaban J connectivity index is 2.16. The van der Waals surface area contributed by atoms with E-state index in [2.05, 4.69) is 58.6 Å². The molecule has 0 spiro atoms. The Morgan fingerprint density at radius 3 is 1.92 bits per heavy atom. The van der Waals surface area contributed by atoms with E-state index in [4.69, 9.17) is 4.74 Å². The van der Waals surface area contributed by atoms with Crippen LogP contribution in [0.4, 0.5) is 0 Å². The fraction of sp³-hybridized carbons (Fsp3) is 0.714. The third-order valence-corrected chi connectivity index (χ3v) is 4.83. The quantitative estimate of drug-likeness (QED) is 0.894. The summed E-state index contributed by atoms with van der Waals surface area (Å²) in [5.74, 6) is 0.479. The Kier molecular flexibility index (Phi) is 5.98. The Labute approximate surface area is 148 Å². The van der Waals surface area contributed by atoms with Crippen LogP contribution in [0.15, 0.2) is 12.1 Å². The van der Waals surface area contributed by atoms with Crippen LogP contribution in [0.3, 0.4) is 0 Å². The number of nitrogens with zero attached hydrogens (tertiary/aromatic N) is 1. The maximum Gasteiger partial charge on any atom is 0.123 e. The van der Waals surface area contributed by atoms with Gasteiger partial charge in [0.25, 0.3) is 0 Å². The van der Waals surface area contributed by atoms with E-state index in [0.717, 1.165) is 56.8 Å². The molecule has 0 aromatic heterocycles. The smallest absolute Gasteiger partial charge is 0.123 e. The molecule has 0 radical (unpaired) electrons. The van der Waals surface area contributed by atoms with Gasteiger partial charge in [0.05, 0.1) is 13.2 Å². The molecule has 3 heteroatoms. The first-order chi connectivity index (χ1) is 11.1. The molecule has 0 atom stereocenters. The van der Waals surface area contributed by atoms with Gasteiger partial charge >= 0.3 is 0 Å². The number of rotatable bonds is 4. The molecule has 1 heterocycles. The van der Waals surface area contributed by atoms with Crippen LogP contribution in [0.1, 0.15) is 64.7 Å². The van der Waals surface area contributed by atoms with Gasteiger partial charge in [0, 0.05) is 13.1 Å². The van der Waals surface area contributed by atoms with Crippen molar-refractivity contribution in [2.45, 2.75) is 65.2 Å². The summed E-state index contributed by atoms with van der Waals surface area (Å²) >= 11 is 0. The highest BCUT2D eigenvalue weighted by molar-refractivity contribution is 5.49. The van der Waals surface area contributed by atoms with E-state index in [-0.39, 0.29) is 10.8 Å². The summed E-state index contributed by atoms with van der Waals surface area (Å²) in [6.45, 7) is 18.0. The van der Waals surface area contributed by atoms with Crippen molar-refractivity contribution in [1.29, 1.82) is 0 Å². The Morgan fingerprint density at radius 1 is 0.958 bits per heavy atom. The van der Waals surface area contributed by atoms with Gasteiger partial charge in [-0.25, -0.2) is 0 Å². The molecule has 1 N–H and O–H groups in total. The zero-order valence-electron chi connectivity index (χ0n) is 16.4. The minimum absolute atomic E-state index is 0.0513. The van der Waals surface area contributed by atoms with Crippen LogP contribution in [-0.4, -0.2) is 42.9 Å². The van der Waals surface area contributed by atoms with Crippen LogP contribution in [0, 0.1) is 0 Å².